The molecule has 0 aliphatic heterocycles. The van der Waals surface area contributed by atoms with Crippen LogP contribution in [0.4, 0.5) is 0 Å². The lowest BCUT2D eigenvalue weighted by Gasteiger charge is -1.98. The van der Waals surface area contributed by atoms with Crippen molar-refractivity contribution in [3.8, 4) is 0 Å². The molecule has 0 saturated carbocycles. The minimum Gasteiger partial charge on any atom is -0.360 e. The van der Waals surface area contributed by atoms with Gasteiger partial charge in [0.25, 0.3) is 0 Å². The molecule has 0 aliphatic rings. The van der Waals surface area contributed by atoms with Crippen molar-refractivity contribution in [2.45, 2.75) is 0 Å². The number of rotatable bonds is 1. The zero-order valence-corrected chi connectivity index (χ0v) is 9.06. The zero-order chi connectivity index (χ0) is 9.97. The van der Waals surface area contributed by atoms with Gasteiger partial charge in [0.15, 0.2) is 0 Å². The minimum absolute atomic E-state index is 1.07. The first-order valence-corrected chi connectivity index (χ1v) is 5.66. The molecule has 0 radical (unpaired) electrons. The lowest BCUT2D eigenvalue weighted by atomic mass is 10.2. The van der Waals surface area contributed by atoms with E-state index >= 15 is 0 Å². The van der Waals surface area contributed by atoms with Crippen LogP contribution in [0.15, 0.2) is 35.5 Å². The molecule has 0 fully saturated rings. The maximum atomic E-state index is 4.26. The monoisotopic (exact) mass is 204 g/mol. The molecule has 14 heavy (non-hydrogen) atoms. The maximum absolute atomic E-state index is 4.26. The van der Waals surface area contributed by atoms with Gasteiger partial charge < -0.3 is 4.98 Å². The summed E-state index contributed by atoms with van der Waals surface area (Å²) in [5, 5.41) is 2.31. The Morgan fingerprint density at radius 3 is 2.86 bits per heavy atom. The molecule has 0 amide bonds. The van der Waals surface area contributed by atoms with Crippen LogP contribution in [0.1, 0.15) is 5.56 Å². The van der Waals surface area contributed by atoms with Crippen LogP contribution in [0.5, 0.6) is 0 Å². The second-order valence-corrected chi connectivity index (χ2v) is 3.78. The van der Waals surface area contributed by atoms with Gasteiger partial charge in [0.05, 0.1) is 5.04 Å². The van der Waals surface area contributed by atoms with Crippen molar-refractivity contribution in [1.82, 2.24) is 4.98 Å². The summed E-state index contributed by atoms with van der Waals surface area (Å²) in [5.41, 5.74) is 2.35. The third-order valence-corrected chi connectivity index (χ3v) is 3.01. The predicted molar refractivity (Wildman–Crippen MR) is 64.3 cm³/mol. The summed E-state index contributed by atoms with van der Waals surface area (Å²) in [6, 6.07) is 8.27. The minimum atomic E-state index is 1.07. The molecule has 0 atom stereocenters. The highest BCUT2D eigenvalue weighted by Gasteiger charge is 2.07. The summed E-state index contributed by atoms with van der Waals surface area (Å²) in [7, 11) is 1.83. The Kier molecular flexibility index (Phi) is 2.59. The molecule has 2 rings (SSSR count). The molecule has 1 aromatic carbocycles. The molecule has 0 spiro atoms. The molecule has 0 aliphatic carbocycles. The highest BCUT2D eigenvalue weighted by molar-refractivity contribution is 8.13. The Morgan fingerprint density at radius 2 is 2.14 bits per heavy atom. The molecule has 1 N–H and O–H groups in total. The van der Waals surface area contributed by atoms with E-state index in [9.17, 15) is 0 Å². The molecule has 2 aromatic rings. The van der Waals surface area contributed by atoms with Crippen molar-refractivity contribution in [1.29, 1.82) is 0 Å². The van der Waals surface area contributed by atoms with Gasteiger partial charge in [-0.05, 0) is 12.3 Å². The fourth-order valence-electron chi connectivity index (χ4n) is 1.57. The number of hydrogen-bond donors (Lipinski definition) is 1. The van der Waals surface area contributed by atoms with Crippen molar-refractivity contribution in [3.05, 3.63) is 36.0 Å². The summed E-state index contributed by atoms with van der Waals surface area (Å²) in [6.45, 7) is 0. The highest BCUT2D eigenvalue weighted by Crippen LogP contribution is 2.21. The third kappa shape index (κ3) is 1.44. The van der Waals surface area contributed by atoms with Crippen LogP contribution in [-0.2, 0) is 0 Å². The topological polar surface area (TPSA) is 28.1 Å². The van der Waals surface area contributed by atoms with Crippen LogP contribution in [0.3, 0.4) is 0 Å². The second kappa shape index (κ2) is 3.88. The fourth-order valence-corrected chi connectivity index (χ4v) is 2.14. The maximum Gasteiger partial charge on any atom is 0.0992 e. The molecule has 2 nitrogen and oxygen atoms in total. The SMILES string of the molecule is CN=C(SC)c1c[nH]c2ccccc12. The predicted octanol–water partition coefficient (Wildman–Crippen LogP) is 2.91. The van der Waals surface area contributed by atoms with Crippen molar-refractivity contribution < 1.29 is 0 Å². The van der Waals surface area contributed by atoms with E-state index in [4.69, 9.17) is 0 Å². The first kappa shape index (κ1) is 9.34. The van der Waals surface area contributed by atoms with E-state index in [0.717, 1.165) is 10.6 Å². The van der Waals surface area contributed by atoms with Crippen LogP contribution < -0.4 is 0 Å². The Hall–Kier alpha value is -1.22. The van der Waals surface area contributed by atoms with Gasteiger partial charge in [-0.3, -0.25) is 4.99 Å². The average molecular weight is 204 g/mol. The smallest absolute Gasteiger partial charge is 0.0992 e. The molecular weight excluding hydrogens is 192 g/mol. The molecule has 72 valence electrons. The van der Waals surface area contributed by atoms with Gasteiger partial charge >= 0.3 is 0 Å². The summed E-state index contributed by atoms with van der Waals surface area (Å²) in [4.78, 5) is 7.50. The molecule has 0 saturated heterocycles. The van der Waals surface area contributed by atoms with Crippen molar-refractivity contribution >= 4 is 27.7 Å². The molecular formula is C11H12N2S. The van der Waals surface area contributed by atoms with E-state index in [1.807, 2.05) is 31.6 Å². The van der Waals surface area contributed by atoms with E-state index in [2.05, 4.69) is 22.1 Å². The number of para-hydroxylation sites is 1. The quantitative estimate of drug-likeness (QED) is 0.561. The first-order valence-electron chi connectivity index (χ1n) is 4.44. The molecule has 1 aromatic heterocycles. The molecule has 3 heteroatoms. The van der Waals surface area contributed by atoms with Crippen molar-refractivity contribution in [2.24, 2.45) is 4.99 Å². The summed E-state index contributed by atoms with van der Waals surface area (Å²) in [6.07, 6.45) is 4.06. The van der Waals surface area contributed by atoms with Gasteiger partial charge in [0, 0.05) is 29.7 Å². The number of nitrogens with zero attached hydrogens (tertiary/aromatic N) is 1. The lowest BCUT2D eigenvalue weighted by Crippen LogP contribution is -1.91. The van der Waals surface area contributed by atoms with E-state index in [1.54, 1.807) is 11.8 Å². The average Bonchev–Trinajstić information content (AvgIpc) is 2.65. The van der Waals surface area contributed by atoms with Gasteiger partial charge in [-0.15, -0.1) is 11.8 Å². The largest absolute Gasteiger partial charge is 0.360 e. The zero-order valence-electron chi connectivity index (χ0n) is 8.24. The Labute approximate surface area is 87.4 Å². The van der Waals surface area contributed by atoms with Crippen LogP contribution in [0.2, 0.25) is 0 Å². The van der Waals surface area contributed by atoms with E-state index in [-0.39, 0.29) is 0 Å². The first-order chi connectivity index (χ1) is 6.86. The lowest BCUT2D eigenvalue weighted by molar-refractivity contribution is 1.44. The number of nitrogens with one attached hydrogen (secondary N) is 1. The standard InChI is InChI=1S/C11H12N2S/c1-12-11(14-2)9-7-13-10-6-4-3-5-8(9)10/h3-7,13H,1-2H3. The Balaban J connectivity index is 2.63. The fraction of sp³-hybridized carbons (Fsp3) is 0.182. The number of thioether (sulfide) groups is 1. The van der Waals surface area contributed by atoms with Gasteiger partial charge in [-0.2, -0.15) is 0 Å². The van der Waals surface area contributed by atoms with Crippen molar-refractivity contribution in [3.63, 3.8) is 0 Å². The Bertz CT molecular complexity index is 471. The van der Waals surface area contributed by atoms with E-state index < -0.39 is 0 Å². The summed E-state index contributed by atoms with van der Waals surface area (Å²) >= 11 is 1.67. The number of fused-ring (bicyclic) bond motifs is 1. The Morgan fingerprint density at radius 1 is 1.36 bits per heavy atom. The van der Waals surface area contributed by atoms with Gasteiger partial charge in [-0.25, -0.2) is 0 Å². The van der Waals surface area contributed by atoms with E-state index in [0.29, 0.717) is 0 Å². The molecule has 0 unspecified atom stereocenters. The molecule has 1 heterocycles. The van der Waals surface area contributed by atoms with Crippen LogP contribution >= 0.6 is 11.8 Å². The van der Waals surface area contributed by atoms with E-state index in [1.165, 1.54) is 10.9 Å². The van der Waals surface area contributed by atoms with Crippen molar-refractivity contribution in [2.75, 3.05) is 13.3 Å². The normalized spacial score (nSPS) is 12.3. The number of aliphatic imine (C=N–C) groups is 1. The number of aromatic nitrogens is 1. The summed E-state index contributed by atoms with van der Waals surface area (Å²) < 4.78 is 0. The number of hydrogen-bond acceptors (Lipinski definition) is 2. The van der Waals surface area contributed by atoms with Crippen LogP contribution in [-0.4, -0.2) is 23.3 Å². The van der Waals surface area contributed by atoms with Gasteiger partial charge in [0.2, 0.25) is 0 Å². The highest BCUT2D eigenvalue weighted by atomic mass is 32.2. The van der Waals surface area contributed by atoms with Gasteiger partial charge in [-0.1, -0.05) is 18.2 Å². The van der Waals surface area contributed by atoms with Crippen LogP contribution in [0.25, 0.3) is 10.9 Å². The second-order valence-electron chi connectivity index (χ2n) is 2.98. The molecule has 0 bridgehead atoms. The summed E-state index contributed by atoms with van der Waals surface area (Å²) in [5.74, 6) is 0. The third-order valence-electron chi connectivity index (χ3n) is 2.22. The van der Waals surface area contributed by atoms with Gasteiger partial charge in [0.1, 0.15) is 0 Å². The van der Waals surface area contributed by atoms with Crippen LogP contribution in [0, 0.1) is 0 Å². The number of H-pyrrole nitrogens is 1. The number of aromatic amines is 1. The number of benzene rings is 1.